The van der Waals surface area contributed by atoms with Gasteiger partial charge in [0.05, 0.1) is 0 Å². The van der Waals surface area contributed by atoms with Crippen LogP contribution in [-0.2, 0) is 6.54 Å². The van der Waals surface area contributed by atoms with Crippen LogP contribution in [0, 0.1) is 9.49 Å². The minimum Gasteiger partial charge on any atom is -0.494 e. The van der Waals surface area contributed by atoms with Crippen LogP contribution in [0.3, 0.4) is 0 Å². The van der Waals surface area contributed by atoms with E-state index in [9.17, 15) is 5.11 Å². The quantitative estimate of drug-likeness (QED) is 0.845. The third kappa shape index (κ3) is 1.73. The van der Waals surface area contributed by atoms with Crippen molar-refractivity contribution in [3.8, 4) is 5.88 Å². The average molecular weight is 313 g/mol. The Labute approximate surface area is 102 Å². The van der Waals surface area contributed by atoms with E-state index in [2.05, 4.69) is 40.9 Å². The van der Waals surface area contributed by atoms with E-state index < -0.39 is 0 Å². The van der Waals surface area contributed by atoms with Crippen molar-refractivity contribution in [2.24, 2.45) is 5.92 Å². The van der Waals surface area contributed by atoms with Crippen LogP contribution >= 0.6 is 22.6 Å². The molecule has 1 fully saturated rings. The van der Waals surface area contributed by atoms with E-state index in [-0.39, 0.29) is 0 Å². The van der Waals surface area contributed by atoms with Gasteiger partial charge in [0.1, 0.15) is 0 Å². The highest BCUT2D eigenvalue weighted by atomic mass is 127. The Bertz CT molecular complexity index is 514. The molecule has 0 unspecified atom stereocenters. The maximum Gasteiger partial charge on any atom is 0.199 e. The minimum absolute atomic E-state index is 0.426. The number of hydrogen-bond acceptors (Lipinski definition) is 1. The second kappa shape index (κ2) is 3.40. The van der Waals surface area contributed by atoms with Crippen LogP contribution in [0.1, 0.15) is 12.8 Å². The van der Waals surface area contributed by atoms with Crippen LogP contribution in [0.4, 0.5) is 0 Å². The number of fused-ring (bicyclic) bond motifs is 1. The molecule has 1 N–H and O–H groups in total. The van der Waals surface area contributed by atoms with Crippen molar-refractivity contribution in [3.05, 3.63) is 28.0 Å². The highest BCUT2D eigenvalue weighted by Crippen LogP contribution is 2.35. The standard InChI is InChI=1S/C12H12INO/c13-10-4-3-9-7-14(6-8-1-2-8)12(15)11(9)5-10/h3-5,7-8,15H,1-2,6H2. The van der Waals surface area contributed by atoms with Crippen molar-refractivity contribution in [1.29, 1.82) is 0 Å². The molecule has 1 aromatic heterocycles. The van der Waals surface area contributed by atoms with Crippen LogP contribution in [0.25, 0.3) is 10.8 Å². The molecule has 0 atom stereocenters. The fourth-order valence-corrected chi connectivity index (χ4v) is 2.43. The van der Waals surface area contributed by atoms with Gasteiger partial charge in [-0.3, -0.25) is 0 Å². The van der Waals surface area contributed by atoms with Crippen molar-refractivity contribution in [3.63, 3.8) is 0 Å². The summed E-state index contributed by atoms with van der Waals surface area (Å²) in [7, 11) is 0. The molecule has 3 rings (SSSR count). The zero-order chi connectivity index (χ0) is 10.4. The predicted molar refractivity (Wildman–Crippen MR) is 69.0 cm³/mol. The third-order valence-electron chi connectivity index (χ3n) is 2.98. The summed E-state index contributed by atoms with van der Waals surface area (Å²) in [6.07, 6.45) is 4.68. The summed E-state index contributed by atoms with van der Waals surface area (Å²) in [5.74, 6) is 1.22. The predicted octanol–water partition coefficient (Wildman–Crippen LogP) is 3.36. The van der Waals surface area contributed by atoms with Gasteiger partial charge in [0, 0.05) is 27.1 Å². The van der Waals surface area contributed by atoms with Gasteiger partial charge in [-0.1, -0.05) is 6.07 Å². The first-order valence-corrected chi connectivity index (χ1v) is 6.29. The molecule has 15 heavy (non-hydrogen) atoms. The highest BCUT2D eigenvalue weighted by Gasteiger charge is 2.23. The van der Waals surface area contributed by atoms with E-state index in [4.69, 9.17) is 0 Å². The van der Waals surface area contributed by atoms with Crippen molar-refractivity contribution < 1.29 is 5.11 Å². The summed E-state index contributed by atoms with van der Waals surface area (Å²) >= 11 is 2.27. The lowest BCUT2D eigenvalue weighted by Gasteiger charge is -2.01. The minimum atomic E-state index is 0.426. The number of halogens is 1. The molecule has 0 radical (unpaired) electrons. The first-order chi connectivity index (χ1) is 7.24. The van der Waals surface area contributed by atoms with Gasteiger partial charge in [-0.2, -0.15) is 0 Å². The lowest BCUT2D eigenvalue weighted by molar-refractivity contribution is 0.415. The summed E-state index contributed by atoms with van der Waals surface area (Å²) in [6, 6.07) is 6.18. The van der Waals surface area contributed by atoms with Gasteiger partial charge in [-0.15, -0.1) is 0 Å². The SMILES string of the molecule is Oc1c2cc(I)ccc2cn1CC1CC1. The van der Waals surface area contributed by atoms with Crippen LogP contribution in [-0.4, -0.2) is 9.67 Å². The molecular formula is C12H12INO. The summed E-state index contributed by atoms with van der Waals surface area (Å²) in [5, 5.41) is 12.2. The maximum absolute atomic E-state index is 10.1. The molecule has 0 saturated heterocycles. The van der Waals surface area contributed by atoms with Gasteiger partial charge in [0.15, 0.2) is 5.88 Å². The fourth-order valence-electron chi connectivity index (χ4n) is 1.94. The number of nitrogens with zero attached hydrogens (tertiary/aromatic N) is 1. The van der Waals surface area contributed by atoms with Crippen molar-refractivity contribution in [1.82, 2.24) is 4.57 Å². The number of rotatable bonds is 2. The molecule has 78 valence electrons. The van der Waals surface area contributed by atoms with Gasteiger partial charge >= 0.3 is 0 Å². The molecule has 1 saturated carbocycles. The van der Waals surface area contributed by atoms with Crippen LogP contribution in [0.15, 0.2) is 24.4 Å². The zero-order valence-corrected chi connectivity index (χ0v) is 10.4. The van der Waals surface area contributed by atoms with Crippen LogP contribution in [0.5, 0.6) is 5.88 Å². The van der Waals surface area contributed by atoms with Crippen LogP contribution < -0.4 is 0 Å². The molecule has 1 aromatic carbocycles. The maximum atomic E-state index is 10.1. The van der Waals surface area contributed by atoms with E-state index in [1.807, 2.05) is 10.6 Å². The van der Waals surface area contributed by atoms with Crippen molar-refractivity contribution in [2.75, 3.05) is 0 Å². The first kappa shape index (κ1) is 9.51. The van der Waals surface area contributed by atoms with Gasteiger partial charge in [-0.05, 0) is 53.5 Å². The van der Waals surface area contributed by atoms with Crippen molar-refractivity contribution >= 4 is 33.4 Å². The molecule has 2 aromatic rings. The topological polar surface area (TPSA) is 25.2 Å². The summed E-state index contributed by atoms with van der Waals surface area (Å²) < 4.78 is 3.15. The van der Waals surface area contributed by atoms with E-state index in [0.29, 0.717) is 5.88 Å². The Hall–Kier alpha value is -0.710. The summed E-state index contributed by atoms with van der Waals surface area (Å²) in [6.45, 7) is 0.969. The largest absolute Gasteiger partial charge is 0.494 e. The molecule has 1 aliphatic carbocycles. The van der Waals surface area contributed by atoms with Gasteiger partial charge < -0.3 is 9.67 Å². The molecule has 0 aliphatic heterocycles. The van der Waals surface area contributed by atoms with E-state index in [1.165, 1.54) is 16.4 Å². The Morgan fingerprint density at radius 3 is 2.93 bits per heavy atom. The number of hydrogen-bond donors (Lipinski definition) is 1. The van der Waals surface area contributed by atoms with Crippen LogP contribution in [0.2, 0.25) is 0 Å². The molecule has 1 heterocycles. The summed E-state index contributed by atoms with van der Waals surface area (Å²) in [5.41, 5.74) is 0. The highest BCUT2D eigenvalue weighted by molar-refractivity contribution is 14.1. The second-order valence-corrected chi connectivity index (χ2v) is 5.53. The number of benzene rings is 1. The van der Waals surface area contributed by atoms with Gasteiger partial charge in [-0.25, -0.2) is 0 Å². The smallest absolute Gasteiger partial charge is 0.199 e. The molecule has 0 amide bonds. The fraction of sp³-hybridized carbons (Fsp3) is 0.333. The number of aromatic nitrogens is 1. The Morgan fingerprint density at radius 2 is 2.20 bits per heavy atom. The molecule has 1 aliphatic rings. The molecule has 0 bridgehead atoms. The van der Waals surface area contributed by atoms with Gasteiger partial charge in [0.25, 0.3) is 0 Å². The monoisotopic (exact) mass is 313 g/mol. The number of aromatic hydroxyl groups is 1. The summed E-state index contributed by atoms with van der Waals surface area (Å²) in [4.78, 5) is 0. The molecule has 0 spiro atoms. The Kier molecular flexibility index (Phi) is 2.16. The van der Waals surface area contributed by atoms with E-state index in [0.717, 1.165) is 23.2 Å². The molecule has 3 heteroatoms. The average Bonchev–Trinajstić information content (AvgIpc) is 2.97. The third-order valence-corrected chi connectivity index (χ3v) is 3.65. The molecule has 2 nitrogen and oxygen atoms in total. The molecular weight excluding hydrogens is 301 g/mol. The van der Waals surface area contributed by atoms with Gasteiger partial charge in [0.2, 0.25) is 0 Å². The second-order valence-electron chi connectivity index (χ2n) is 4.28. The zero-order valence-electron chi connectivity index (χ0n) is 8.28. The van der Waals surface area contributed by atoms with E-state index >= 15 is 0 Å². The lowest BCUT2D eigenvalue weighted by Crippen LogP contribution is -1.96. The Balaban J connectivity index is 2.10. The normalized spacial score (nSPS) is 16.1. The van der Waals surface area contributed by atoms with E-state index in [1.54, 1.807) is 0 Å². The lowest BCUT2D eigenvalue weighted by atomic mass is 10.2. The van der Waals surface area contributed by atoms with Crippen molar-refractivity contribution in [2.45, 2.75) is 19.4 Å². The first-order valence-electron chi connectivity index (χ1n) is 5.21. The Morgan fingerprint density at radius 1 is 1.40 bits per heavy atom.